The maximum Gasteiger partial charge on any atom is 0.115 e. The van der Waals surface area contributed by atoms with E-state index < -0.39 is 0 Å². The molecule has 13 heavy (non-hydrogen) atoms. The van der Waals surface area contributed by atoms with Crippen LogP contribution in [-0.4, -0.2) is 11.0 Å². The van der Waals surface area contributed by atoms with Gasteiger partial charge in [0.1, 0.15) is 5.75 Å². The van der Waals surface area contributed by atoms with Gasteiger partial charge in [0, 0.05) is 5.88 Å². The van der Waals surface area contributed by atoms with Crippen molar-refractivity contribution in [3.63, 3.8) is 0 Å². The molecule has 0 saturated carbocycles. The highest BCUT2D eigenvalue weighted by atomic mass is 35.5. The monoisotopic (exact) mass is 195 g/mol. The average molecular weight is 196 g/mol. The molecule has 2 nitrogen and oxygen atoms in total. The fourth-order valence-corrected chi connectivity index (χ4v) is 1.28. The van der Waals surface area contributed by atoms with Crippen LogP contribution in [0.5, 0.6) is 5.75 Å². The van der Waals surface area contributed by atoms with Crippen LogP contribution in [-0.2, 0) is 6.42 Å². The summed E-state index contributed by atoms with van der Waals surface area (Å²) in [5.41, 5.74) is 0.937. The molecule has 1 aromatic carbocycles. The van der Waals surface area contributed by atoms with Gasteiger partial charge in [0.2, 0.25) is 0 Å². The lowest BCUT2D eigenvalue weighted by molar-refractivity contribution is 0.474. The zero-order valence-electron chi connectivity index (χ0n) is 7.07. The number of hydrogen-bond donors (Lipinski definition) is 1. The van der Waals surface area contributed by atoms with Gasteiger partial charge in [0.25, 0.3) is 0 Å². The Labute approximate surface area is 82.4 Å². The first-order valence-corrected chi connectivity index (χ1v) is 4.53. The smallest absolute Gasteiger partial charge is 0.115 e. The van der Waals surface area contributed by atoms with E-state index >= 15 is 0 Å². The van der Waals surface area contributed by atoms with Crippen molar-refractivity contribution in [2.45, 2.75) is 6.42 Å². The van der Waals surface area contributed by atoms with Crippen LogP contribution >= 0.6 is 11.6 Å². The van der Waals surface area contributed by atoms with Crippen molar-refractivity contribution >= 4 is 11.6 Å². The third-order valence-corrected chi connectivity index (χ3v) is 2.13. The van der Waals surface area contributed by atoms with Crippen LogP contribution in [0.2, 0.25) is 0 Å². The molecule has 0 aliphatic heterocycles. The second-order valence-electron chi connectivity index (χ2n) is 2.85. The highest BCUT2D eigenvalue weighted by molar-refractivity contribution is 6.18. The Morgan fingerprint density at radius 3 is 2.85 bits per heavy atom. The highest BCUT2D eigenvalue weighted by Crippen LogP contribution is 2.15. The van der Waals surface area contributed by atoms with Crippen molar-refractivity contribution in [2.75, 3.05) is 5.88 Å². The Morgan fingerprint density at radius 1 is 1.54 bits per heavy atom. The van der Waals surface area contributed by atoms with Crippen molar-refractivity contribution in [2.24, 2.45) is 5.92 Å². The SMILES string of the molecule is N#CC(CCl)Cc1cccc(O)c1. The van der Waals surface area contributed by atoms with Gasteiger partial charge in [-0.05, 0) is 24.1 Å². The first kappa shape index (κ1) is 9.88. The standard InChI is InChI=1S/C10H10ClNO/c11-6-9(7-12)4-8-2-1-3-10(13)5-8/h1-3,5,9,13H,4,6H2. The lowest BCUT2D eigenvalue weighted by Crippen LogP contribution is -2.02. The van der Waals surface area contributed by atoms with Crippen molar-refractivity contribution in [1.29, 1.82) is 5.26 Å². The van der Waals surface area contributed by atoms with Gasteiger partial charge < -0.3 is 5.11 Å². The molecule has 0 bridgehead atoms. The van der Waals surface area contributed by atoms with Gasteiger partial charge in [-0.2, -0.15) is 5.26 Å². The van der Waals surface area contributed by atoms with E-state index in [2.05, 4.69) is 6.07 Å². The number of aromatic hydroxyl groups is 1. The molecule has 0 aliphatic rings. The summed E-state index contributed by atoms with van der Waals surface area (Å²) in [7, 11) is 0. The Bertz CT molecular complexity index is 319. The summed E-state index contributed by atoms with van der Waals surface area (Å²) >= 11 is 5.57. The third kappa shape index (κ3) is 2.96. The molecule has 0 aromatic heterocycles. The summed E-state index contributed by atoms with van der Waals surface area (Å²) in [5, 5.41) is 17.8. The average Bonchev–Trinajstić information content (AvgIpc) is 2.14. The maximum absolute atomic E-state index is 9.16. The molecule has 0 heterocycles. The molecule has 1 aromatic rings. The zero-order valence-corrected chi connectivity index (χ0v) is 7.83. The number of phenols is 1. The van der Waals surface area contributed by atoms with Gasteiger partial charge in [0.05, 0.1) is 12.0 Å². The lowest BCUT2D eigenvalue weighted by Gasteiger charge is -2.04. The van der Waals surface area contributed by atoms with Gasteiger partial charge in [-0.1, -0.05) is 12.1 Å². The first-order chi connectivity index (χ1) is 6.26. The molecule has 0 aliphatic carbocycles. The van der Waals surface area contributed by atoms with Gasteiger partial charge in [-0.25, -0.2) is 0 Å². The fraction of sp³-hybridized carbons (Fsp3) is 0.300. The predicted octanol–water partition coefficient (Wildman–Crippen LogP) is 2.31. The molecule has 0 spiro atoms. The number of benzene rings is 1. The number of alkyl halides is 1. The minimum atomic E-state index is -0.177. The van der Waals surface area contributed by atoms with Crippen LogP contribution in [0.3, 0.4) is 0 Å². The van der Waals surface area contributed by atoms with E-state index in [4.69, 9.17) is 22.0 Å². The van der Waals surface area contributed by atoms with Crippen molar-refractivity contribution < 1.29 is 5.11 Å². The van der Waals surface area contributed by atoms with Crippen LogP contribution in [0.25, 0.3) is 0 Å². The fourth-order valence-electron chi connectivity index (χ4n) is 1.10. The van der Waals surface area contributed by atoms with Gasteiger partial charge in [-0.15, -0.1) is 11.6 Å². The number of phenolic OH excluding ortho intramolecular Hbond substituents is 1. The zero-order chi connectivity index (χ0) is 9.68. The highest BCUT2D eigenvalue weighted by Gasteiger charge is 2.06. The predicted molar refractivity (Wildman–Crippen MR) is 51.6 cm³/mol. The van der Waals surface area contributed by atoms with Crippen LogP contribution in [0.4, 0.5) is 0 Å². The van der Waals surface area contributed by atoms with Crippen molar-refractivity contribution in [3.05, 3.63) is 29.8 Å². The van der Waals surface area contributed by atoms with Crippen LogP contribution in [0, 0.1) is 17.2 Å². The van der Waals surface area contributed by atoms with Gasteiger partial charge >= 0.3 is 0 Å². The normalized spacial score (nSPS) is 12.0. The quantitative estimate of drug-likeness (QED) is 0.753. The molecule has 1 rings (SSSR count). The Morgan fingerprint density at radius 2 is 2.31 bits per heavy atom. The van der Waals surface area contributed by atoms with Gasteiger partial charge in [0.15, 0.2) is 0 Å². The molecule has 1 atom stereocenters. The summed E-state index contributed by atoms with van der Waals surface area (Å²) in [6.45, 7) is 0. The summed E-state index contributed by atoms with van der Waals surface area (Å²) in [6.07, 6.45) is 0.592. The number of nitriles is 1. The molecule has 68 valence electrons. The molecule has 0 fully saturated rings. The Balaban J connectivity index is 2.69. The van der Waals surface area contributed by atoms with Crippen molar-refractivity contribution in [1.82, 2.24) is 0 Å². The topological polar surface area (TPSA) is 44.0 Å². The number of halogens is 1. The second-order valence-corrected chi connectivity index (χ2v) is 3.16. The summed E-state index contributed by atoms with van der Waals surface area (Å²) in [4.78, 5) is 0. The van der Waals surface area contributed by atoms with Gasteiger partial charge in [-0.3, -0.25) is 0 Å². The van der Waals surface area contributed by atoms with E-state index in [1.54, 1.807) is 18.2 Å². The van der Waals surface area contributed by atoms with Crippen LogP contribution in [0.1, 0.15) is 5.56 Å². The molecule has 0 radical (unpaired) electrons. The minimum absolute atomic E-state index is 0.177. The molecule has 1 unspecified atom stereocenters. The summed E-state index contributed by atoms with van der Waals surface area (Å²) in [6, 6.07) is 8.99. The van der Waals surface area contributed by atoms with Crippen LogP contribution < -0.4 is 0 Å². The van der Waals surface area contributed by atoms with E-state index in [1.807, 2.05) is 6.07 Å². The first-order valence-electron chi connectivity index (χ1n) is 3.99. The minimum Gasteiger partial charge on any atom is -0.508 e. The molecular formula is C10H10ClNO. The molecular weight excluding hydrogens is 186 g/mol. The Kier molecular flexibility index (Phi) is 3.60. The lowest BCUT2D eigenvalue weighted by atomic mass is 10.0. The summed E-state index contributed by atoms with van der Waals surface area (Å²) in [5.74, 6) is 0.374. The van der Waals surface area contributed by atoms with Crippen LogP contribution in [0.15, 0.2) is 24.3 Å². The molecule has 3 heteroatoms. The number of nitrogens with zero attached hydrogens (tertiary/aromatic N) is 1. The van der Waals surface area contributed by atoms with Crippen molar-refractivity contribution in [3.8, 4) is 11.8 Å². The van der Waals surface area contributed by atoms with E-state index in [0.717, 1.165) is 5.56 Å². The second kappa shape index (κ2) is 4.74. The molecule has 1 N–H and O–H groups in total. The van der Waals surface area contributed by atoms with E-state index in [-0.39, 0.29) is 11.7 Å². The summed E-state index contributed by atoms with van der Waals surface area (Å²) < 4.78 is 0. The molecule has 0 saturated heterocycles. The van der Waals surface area contributed by atoms with E-state index in [1.165, 1.54) is 0 Å². The maximum atomic E-state index is 9.16. The largest absolute Gasteiger partial charge is 0.508 e. The van der Waals surface area contributed by atoms with E-state index in [0.29, 0.717) is 12.3 Å². The molecule has 0 amide bonds. The Hall–Kier alpha value is -1.20. The number of hydrogen-bond acceptors (Lipinski definition) is 2. The van der Waals surface area contributed by atoms with E-state index in [9.17, 15) is 0 Å². The third-order valence-electron chi connectivity index (χ3n) is 1.76. The number of rotatable bonds is 3.